The summed E-state index contributed by atoms with van der Waals surface area (Å²) in [6.07, 6.45) is 0. The molecule has 1 atom stereocenters. The van der Waals surface area contributed by atoms with Crippen molar-refractivity contribution in [3.8, 4) is 0 Å². The number of rotatable bonds is 6. The lowest BCUT2D eigenvalue weighted by Gasteiger charge is -2.21. The number of nitrogens with one attached hydrogen (secondary N) is 1. The third-order valence-electron chi connectivity index (χ3n) is 2.75. The maximum absolute atomic E-state index is 5.99. The van der Waals surface area contributed by atoms with Gasteiger partial charge < -0.3 is 10.2 Å². The molecule has 4 heteroatoms. The van der Waals surface area contributed by atoms with Crippen molar-refractivity contribution in [3.05, 3.63) is 34.9 Å². The summed E-state index contributed by atoms with van der Waals surface area (Å²) in [5.74, 6) is 0.514. The monoisotopic (exact) mass is 276 g/mol. The molecule has 0 aliphatic carbocycles. The summed E-state index contributed by atoms with van der Waals surface area (Å²) in [6.45, 7) is 5.39. The predicted octanol–water partition coefficient (Wildman–Crippen LogP) is 3.02. The summed E-state index contributed by atoms with van der Waals surface area (Å²) < 4.78 is 0. The summed E-state index contributed by atoms with van der Waals surface area (Å²) in [5, 5.41) is 3.98. The first-order valence-corrected chi connectivity index (χ1v) is 6.10. The van der Waals surface area contributed by atoms with Crippen molar-refractivity contribution in [3.63, 3.8) is 0 Å². The normalized spacial score (nSPS) is 12.3. The molecule has 0 saturated carbocycles. The van der Waals surface area contributed by atoms with Gasteiger partial charge in [0.15, 0.2) is 0 Å². The SMILES string of the molecule is CNCCN(C)CC(C)c1cccc(Cl)c1.Cl. The van der Waals surface area contributed by atoms with E-state index in [1.54, 1.807) is 0 Å². The largest absolute Gasteiger partial charge is 0.318 e. The molecule has 2 nitrogen and oxygen atoms in total. The predicted molar refractivity (Wildman–Crippen MR) is 78.5 cm³/mol. The van der Waals surface area contributed by atoms with E-state index in [9.17, 15) is 0 Å². The lowest BCUT2D eigenvalue weighted by molar-refractivity contribution is 0.318. The smallest absolute Gasteiger partial charge is 0.0408 e. The first kappa shape index (κ1) is 16.7. The third-order valence-corrected chi connectivity index (χ3v) is 2.98. The molecular weight excluding hydrogens is 255 g/mol. The van der Waals surface area contributed by atoms with Crippen LogP contribution in [0.5, 0.6) is 0 Å². The molecule has 0 amide bonds. The molecular formula is C13H22Cl2N2. The van der Waals surface area contributed by atoms with Gasteiger partial charge in [-0.05, 0) is 37.7 Å². The van der Waals surface area contributed by atoms with Gasteiger partial charge in [0.25, 0.3) is 0 Å². The van der Waals surface area contributed by atoms with Crippen LogP contribution in [0.2, 0.25) is 5.02 Å². The van der Waals surface area contributed by atoms with Crippen molar-refractivity contribution in [2.75, 3.05) is 33.7 Å². The molecule has 0 spiro atoms. The minimum absolute atomic E-state index is 0. The minimum atomic E-state index is 0. The van der Waals surface area contributed by atoms with Crippen molar-refractivity contribution in [2.45, 2.75) is 12.8 Å². The van der Waals surface area contributed by atoms with E-state index < -0.39 is 0 Å². The minimum Gasteiger partial charge on any atom is -0.318 e. The molecule has 0 fully saturated rings. The molecule has 0 radical (unpaired) electrons. The van der Waals surface area contributed by atoms with E-state index in [4.69, 9.17) is 11.6 Å². The molecule has 1 aromatic carbocycles. The maximum atomic E-state index is 5.99. The Morgan fingerprint density at radius 2 is 2.12 bits per heavy atom. The number of halogens is 2. The van der Waals surface area contributed by atoms with Crippen LogP contribution in [0.4, 0.5) is 0 Å². The van der Waals surface area contributed by atoms with Crippen LogP contribution in [0.3, 0.4) is 0 Å². The van der Waals surface area contributed by atoms with E-state index in [2.05, 4.69) is 36.3 Å². The van der Waals surface area contributed by atoms with E-state index in [-0.39, 0.29) is 12.4 Å². The second kappa shape index (κ2) is 8.76. The molecule has 0 aromatic heterocycles. The average Bonchev–Trinajstić information content (AvgIpc) is 2.26. The first-order valence-electron chi connectivity index (χ1n) is 5.72. The third kappa shape index (κ3) is 6.27. The van der Waals surface area contributed by atoms with Crippen molar-refractivity contribution >= 4 is 24.0 Å². The fourth-order valence-electron chi connectivity index (χ4n) is 1.78. The summed E-state index contributed by atoms with van der Waals surface area (Å²) >= 11 is 5.99. The standard InChI is InChI=1S/C13H21ClN2.ClH/c1-11(10-16(3)8-7-15-2)12-5-4-6-13(14)9-12;/h4-6,9,11,15H,7-8,10H2,1-3H3;1H. The number of nitrogens with zero attached hydrogens (tertiary/aromatic N) is 1. The molecule has 1 N–H and O–H groups in total. The zero-order valence-corrected chi connectivity index (χ0v) is 12.3. The fourth-order valence-corrected chi connectivity index (χ4v) is 1.98. The van der Waals surface area contributed by atoms with Crippen molar-refractivity contribution in [1.29, 1.82) is 0 Å². The van der Waals surface area contributed by atoms with Crippen LogP contribution in [-0.2, 0) is 0 Å². The van der Waals surface area contributed by atoms with Gasteiger partial charge >= 0.3 is 0 Å². The second-order valence-corrected chi connectivity index (χ2v) is 4.76. The van der Waals surface area contributed by atoms with Gasteiger partial charge in [0.05, 0.1) is 0 Å². The summed E-state index contributed by atoms with van der Waals surface area (Å²) in [7, 11) is 4.13. The van der Waals surface area contributed by atoms with Crippen molar-refractivity contribution in [2.24, 2.45) is 0 Å². The Kier molecular flexibility index (Phi) is 8.61. The van der Waals surface area contributed by atoms with E-state index in [1.165, 1.54) is 5.56 Å². The van der Waals surface area contributed by atoms with E-state index in [1.807, 2.05) is 19.2 Å². The zero-order chi connectivity index (χ0) is 12.0. The highest BCUT2D eigenvalue weighted by atomic mass is 35.5. The maximum Gasteiger partial charge on any atom is 0.0408 e. The number of hydrogen-bond donors (Lipinski definition) is 1. The van der Waals surface area contributed by atoms with Gasteiger partial charge in [0.2, 0.25) is 0 Å². The van der Waals surface area contributed by atoms with Gasteiger partial charge in [0.1, 0.15) is 0 Å². The molecule has 1 aromatic rings. The summed E-state index contributed by atoms with van der Waals surface area (Å²) in [5.41, 5.74) is 1.31. The summed E-state index contributed by atoms with van der Waals surface area (Å²) in [6, 6.07) is 8.13. The molecule has 1 unspecified atom stereocenters. The van der Waals surface area contributed by atoms with E-state index >= 15 is 0 Å². The first-order chi connectivity index (χ1) is 7.63. The zero-order valence-electron chi connectivity index (χ0n) is 10.7. The highest BCUT2D eigenvalue weighted by Crippen LogP contribution is 2.19. The second-order valence-electron chi connectivity index (χ2n) is 4.32. The van der Waals surface area contributed by atoms with Crippen LogP contribution in [0.1, 0.15) is 18.4 Å². The number of likely N-dealkylation sites (N-methyl/N-ethyl adjacent to an activating group) is 2. The lowest BCUT2D eigenvalue weighted by atomic mass is 10.0. The Morgan fingerprint density at radius 1 is 1.41 bits per heavy atom. The van der Waals surface area contributed by atoms with Crippen LogP contribution in [-0.4, -0.2) is 38.6 Å². The molecule has 0 aliphatic rings. The van der Waals surface area contributed by atoms with Gasteiger partial charge in [-0.1, -0.05) is 30.7 Å². The molecule has 0 bridgehead atoms. The van der Waals surface area contributed by atoms with E-state index in [0.717, 1.165) is 24.7 Å². The highest BCUT2D eigenvalue weighted by molar-refractivity contribution is 6.30. The Bertz CT molecular complexity index is 318. The number of benzene rings is 1. The quantitative estimate of drug-likeness (QED) is 0.860. The van der Waals surface area contributed by atoms with Crippen LogP contribution >= 0.6 is 24.0 Å². The Balaban J connectivity index is 0.00000256. The Hall–Kier alpha value is -0.280. The van der Waals surface area contributed by atoms with E-state index in [0.29, 0.717) is 5.92 Å². The number of hydrogen-bond acceptors (Lipinski definition) is 2. The van der Waals surface area contributed by atoms with Crippen molar-refractivity contribution < 1.29 is 0 Å². The molecule has 0 heterocycles. The average molecular weight is 277 g/mol. The fraction of sp³-hybridized carbons (Fsp3) is 0.538. The molecule has 98 valence electrons. The molecule has 17 heavy (non-hydrogen) atoms. The molecule has 0 aliphatic heterocycles. The molecule has 0 saturated heterocycles. The van der Waals surface area contributed by atoms with Gasteiger partial charge in [-0.25, -0.2) is 0 Å². The Labute approximate surface area is 116 Å². The van der Waals surface area contributed by atoms with Crippen LogP contribution in [0.25, 0.3) is 0 Å². The van der Waals surface area contributed by atoms with Gasteiger partial charge in [-0.3, -0.25) is 0 Å². The van der Waals surface area contributed by atoms with Crippen LogP contribution in [0, 0.1) is 0 Å². The van der Waals surface area contributed by atoms with Gasteiger partial charge in [-0.15, -0.1) is 12.4 Å². The molecule has 1 rings (SSSR count). The van der Waals surface area contributed by atoms with Gasteiger partial charge in [0, 0.05) is 24.7 Å². The Morgan fingerprint density at radius 3 is 2.71 bits per heavy atom. The van der Waals surface area contributed by atoms with Crippen molar-refractivity contribution in [1.82, 2.24) is 10.2 Å². The summed E-state index contributed by atoms with van der Waals surface area (Å²) in [4.78, 5) is 2.34. The van der Waals surface area contributed by atoms with Crippen LogP contribution < -0.4 is 5.32 Å². The topological polar surface area (TPSA) is 15.3 Å². The van der Waals surface area contributed by atoms with Crippen LogP contribution in [0.15, 0.2) is 24.3 Å². The lowest BCUT2D eigenvalue weighted by Crippen LogP contribution is -2.30. The highest BCUT2D eigenvalue weighted by Gasteiger charge is 2.08. The van der Waals surface area contributed by atoms with Gasteiger partial charge in [-0.2, -0.15) is 0 Å².